The summed E-state index contributed by atoms with van der Waals surface area (Å²) in [5.74, 6) is -0.406. The van der Waals surface area contributed by atoms with E-state index in [1.54, 1.807) is 64.1 Å². The molecule has 0 spiro atoms. The van der Waals surface area contributed by atoms with E-state index < -0.39 is 29.3 Å². The fourth-order valence-electron chi connectivity index (χ4n) is 1.35. The molecule has 0 aromatic rings. The van der Waals surface area contributed by atoms with Gasteiger partial charge in [-0.2, -0.15) is 0 Å². The second kappa shape index (κ2) is 7.95. The molecule has 0 heterocycles. The molecular formula is C14H24INO5. The molecule has 1 atom stereocenters. The van der Waals surface area contributed by atoms with Crippen molar-refractivity contribution in [3.8, 4) is 0 Å². The van der Waals surface area contributed by atoms with Crippen molar-refractivity contribution in [2.75, 3.05) is 0 Å². The second-order valence-corrected chi connectivity index (χ2v) is 7.69. The van der Waals surface area contributed by atoms with Gasteiger partial charge in [0, 0.05) is 29.0 Å². The third kappa shape index (κ3) is 11.5. The Morgan fingerprint density at radius 1 is 1.00 bits per heavy atom. The quantitative estimate of drug-likeness (QED) is 0.426. The second-order valence-electron chi connectivity index (χ2n) is 6.63. The van der Waals surface area contributed by atoms with Gasteiger partial charge in [0.15, 0.2) is 0 Å². The molecule has 7 heteroatoms. The summed E-state index contributed by atoms with van der Waals surface area (Å²) in [5, 5.41) is 2.47. The van der Waals surface area contributed by atoms with E-state index in [4.69, 9.17) is 9.47 Å². The largest absolute Gasteiger partial charge is 0.460 e. The number of hydrogen-bond acceptors (Lipinski definition) is 5. The highest BCUT2D eigenvalue weighted by Crippen LogP contribution is 2.12. The molecule has 0 aliphatic carbocycles. The predicted molar refractivity (Wildman–Crippen MR) is 87.3 cm³/mol. The van der Waals surface area contributed by atoms with E-state index in [-0.39, 0.29) is 16.6 Å². The van der Waals surface area contributed by atoms with Gasteiger partial charge in [-0.15, -0.1) is 0 Å². The van der Waals surface area contributed by atoms with E-state index in [2.05, 4.69) is 5.32 Å². The molecule has 21 heavy (non-hydrogen) atoms. The van der Waals surface area contributed by atoms with E-state index >= 15 is 0 Å². The van der Waals surface area contributed by atoms with Crippen LogP contribution < -0.4 is 5.32 Å². The van der Waals surface area contributed by atoms with Crippen LogP contribution in [-0.4, -0.2) is 33.1 Å². The van der Waals surface area contributed by atoms with Crippen LogP contribution in [0.1, 0.15) is 54.4 Å². The fourth-order valence-corrected chi connectivity index (χ4v) is 1.81. The minimum atomic E-state index is -0.770. The Labute approximate surface area is 139 Å². The van der Waals surface area contributed by atoms with Crippen LogP contribution in [-0.2, 0) is 19.1 Å². The smallest absolute Gasteiger partial charge is 0.408 e. The van der Waals surface area contributed by atoms with Crippen LogP contribution >= 0.6 is 22.6 Å². The maximum atomic E-state index is 11.6. The predicted octanol–water partition coefficient (Wildman–Crippen LogP) is 2.96. The molecular weight excluding hydrogens is 389 g/mol. The average Bonchev–Trinajstić information content (AvgIpc) is 2.18. The minimum absolute atomic E-state index is 0.0481. The highest BCUT2D eigenvalue weighted by molar-refractivity contribution is 14.1. The average molecular weight is 413 g/mol. The number of alkyl carbamates (subject to hydrolysis) is 1. The van der Waals surface area contributed by atoms with Crippen molar-refractivity contribution in [2.45, 2.75) is 71.6 Å². The fraction of sp³-hybridized carbons (Fsp3) is 0.786. The third-order valence-corrected chi connectivity index (χ3v) is 2.77. The number of nitrogens with one attached hydrogen (secondary N) is 1. The van der Waals surface area contributed by atoms with Gasteiger partial charge < -0.3 is 14.8 Å². The summed E-state index contributed by atoms with van der Waals surface area (Å²) in [4.78, 5) is 34.8. The van der Waals surface area contributed by atoms with Gasteiger partial charge in [-0.1, -0.05) is 0 Å². The lowest BCUT2D eigenvalue weighted by Gasteiger charge is -2.23. The van der Waals surface area contributed by atoms with Crippen molar-refractivity contribution < 1.29 is 23.9 Å². The molecule has 0 bridgehead atoms. The SMILES string of the molecule is CC(C)(C)OC(=O)CC[C@@H](NC(=O)OC(C)(C)C)C(=O)I. The zero-order valence-electron chi connectivity index (χ0n) is 13.4. The monoisotopic (exact) mass is 413 g/mol. The molecule has 0 saturated carbocycles. The van der Waals surface area contributed by atoms with Gasteiger partial charge >= 0.3 is 12.1 Å². The van der Waals surface area contributed by atoms with Crippen molar-refractivity contribution in [3.63, 3.8) is 0 Å². The summed E-state index contributed by atoms with van der Waals surface area (Å²) in [6.07, 6.45) is -0.454. The maximum absolute atomic E-state index is 11.6. The molecule has 0 radical (unpaired) electrons. The Morgan fingerprint density at radius 2 is 1.48 bits per heavy atom. The first kappa shape index (κ1) is 20.1. The Balaban J connectivity index is 4.42. The Kier molecular flexibility index (Phi) is 7.63. The Morgan fingerprint density at radius 3 is 1.86 bits per heavy atom. The summed E-state index contributed by atoms with van der Waals surface area (Å²) in [6, 6.07) is -0.770. The molecule has 0 aliphatic heterocycles. The van der Waals surface area contributed by atoms with Crippen molar-refractivity contribution in [1.82, 2.24) is 5.32 Å². The number of halogens is 1. The first-order chi connectivity index (χ1) is 9.30. The Bertz CT molecular complexity index is 395. The van der Waals surface area contributed by atoms with Crippen LogP contribution in [0.5, 0.6) is 0 Å². The van der Waals surface area contributed by atoms with Gasteiger partial charge in [-0.25, -0.2) is 4.79 Å². The standard InChI is InChI=1S/C14H24INO5/c1-13(2,3)20-10(17)8-7-9(11(15)18)16-12(19)21-14(4,5)6/h9H,7-8H2,1-6H3,(H,16,19)/t9-/m1/s1. The number of hydrogen-bond donors (Lipinski definition) is 1. The Hall–Kier alpha value is -0.860. The molecule has 1 N–H and O–H groups in total. The topological polar surface area (TPSA) is 81.7 Å². The zero-order chi connectivity index (χ0) is 16.8. The maximum Gasteiger partial charge on any atom is 0.408 e. The van der Waals surface area contributed by atoms with Crippen molar-refractivity contribution in [1.29, 1.82) is 0 Å². The summed E-state index contributed by atoms with van der Waals surface area (Å²) in [6.45, 7) is 10.5. The molecule has 0 aromatic carbocycles. The third-order valence-electron chi connectivity index (χ3n) is 2.02. The van der Waals surface area contributed by atoms with Crippen molar-refractivity contribution >= 4 is 38.4 Å². The van der Waals surface area contributed by atoms with Crippen LogP contribution in [0.4, 0.5) is 4.79 Å². The van der Waals surface area contributed by atoms with Gasteiger partial charge in [0.2, 0.25) is 3.79 Å². The van der Waals surface area contributed by atoms with Crippen LogP contribution in [0, 0.1) is 0 Å². The van der Waals surface area contributed by atoms with Crippen molar-refractivity contribution in [2.24, 2.45) is 0 Å². The van der Waals surface area contributed by atoms with Gasteiger partial charge in [-0.05, 0) is 48.0 Å². The van der Waals surface area contributed by atoms with Gasteiger partial charge in [0.05, 0.1) is 0 Å². The van der Waals surface area contributed by atoms with E-state index in [0.29, 0.717) is 0 Å². The van der Waals surface area contributed by atoms with Crippen LogP contribution in [0.15, 0.2) is 0 Å². The molecule has 1 amide bonds. The first-order valence-corrected chi connectivity index (χ1v) is 7.79. The normalized spacial score (nSPS) is 13.3. The molecule has 0 aliphatic rings. The number of carbonyl (C=O) groups excluding carboxylic acids is 3. The van der Waals surface area contributed by atoms with E-state index in [1.165, 1.54) is 0 Å². The summed E-state index contributed by atoms with van der Waals surface area (Å²) in [7, 11) is 0. The van der Waals surface area contributed by atoms with E-state index in [9.17, 15) is 14.4 Å². The van der Waals surface area contributed by atoms with Crippen LogP contribution in [0.3, 0.4) is 0 Å². The highest BCUT2D eigenvalue weighted by atomic mass is 127. The molecule has 0 aromatic heterocycles. The van der Waals surface area contributed by atoms with Crippen LogP contribution in [0.2, 0.25) is 0 Å². The first-order valence-electron chi connectivity index (χ1n) is 6.71. The number of amides is 1. The number of ether oxygens (including phenoxy) is 2. The van der Waals surface area contributed by atoms with Crippen LogP contribution in [0.25, 0.3) is 0 Å². The summed E-state index contributed by atoms with van der Waals surface area (Å²) >= 11 is 1.59. The molecule has 6 nitrogen and oxygen atoms in total. The number of rotatable bonds is 5. The highest BCUT2D eigenvalue weighted by Gasteiger charge is 2.24. The summed E-state index contributed by atoms with van der Waals surface area (Å²) in [5.41, 5.74) is -1.21. The number of carbonyl (C=O) groups is 3. The number of esters is 1. The minimum Gasteiger partial charge on any atom is -0.460 e. The van der Waals surface area contributed by atoms with Gasteiger partial charge in [0.1, 0.15) is 17.2 Å². The zero-order valence-corrected chi connectivity index (χ0v) is 15.6. The molecule has 0 unspecified atom stereocenters. The lowest BCUT2D eigenvalue weighted by atomic mass is 10.1. The van der Waals surface area contributed by atoms with Gasteiger partial charge in [0.25, 0.3) is 0 Å². The molecule has 122 valence electrons. The summed E-state index contributed by atoms with van der Waals surface area (Å²) < 4.78 is 9.98. The van der Waals surface area contributed by atoms with E-state index in [0.717, 1.165) is 0 Å². The lowest BCUT2D eigenvalue weighted by molar-refractivity contribution is -0.155. The molecule has 0 rings (SSSR count). The van der Waals surface area contributed by atoms with Crippen molar-refractivity contribution in [3.05, 3.63) is 0 Å². The molecule has 0 fully saturated rings. The lowest BCUT2D eigenvalue weighted by Crippen LogP contribution is -2.42. The molecule has 0 saturated heterocycles. The van der Waals surface area contributed by atoms with E-state index in [1.807, 2.05) is 0 Å². The van der Waals surface area contributed by atoms with Gasteiger partial charge in [-0.3, -0.25) is 9.59 Å².